The van der Waals surface area contributed by atoms with Crippen molar-refractivity contribution in [3.05, 3.63) is 78.1 Å². The molecule has 1 amide bonds. The van der Waals surface area contributed by atoms with Gasteiger partial charge in [-0.05, 0) is 42.5 Å². The van der Waals surface area contributed by atoms with E-state index in [4.69, 9.17) is 14.2 Å². The Balaban J connectivity index is 1.55. The molecule has 0 saturated carbocycles. The third-order valence-electron chi connectivity index (χ3n) is 4.32. The Morgan fingerprint density at radius 1 is 1.10 bits per heavy atom. The van der Waals surface area contributed by atoms with Gasteiger partial charge in [0.2, 0.25) is 12.8 Å². The van der Waals surface area contributed by atoms with Gasteiger partial charge in [-0.1, -0.05) is 12.1 Å². The topological polar surface area (TPSA) is 94.1 Å². The number of hydrogen-bond acceptors (Lipinski definition) is 6. The molecule has 0 unspecified atom stereocenters. The van der Waals surface area contributed by atoms with Crippen LogP contribution in [-0.4, -0.2) is 30.8 Å². The summed E-state index contributed by atoms with van der Waals surface area (Å²) in [5.41, 5.74) is 1.93. The molecule has 2 heterocycles. The second-order valence-electron chi connectivity index (χ2n) is 6.37. The first-order valence-electron chi connectivity index (χ1n) is 9.28. The standard InChI is InChI=1S/C22H20N4O4/c1-28-18-7-4-6-16(12-18)25-22(24-13-17-5-2-3-10-23-17)26-21(27)15-8-9-19-20(11-15)30-14-29-19/h2-12H,13-14H2,1H3,(H2,24,25,26,27). The molecule has 1 aliphatic rings. The first-order valence-corrected chi connectivity index (χ1v) is 9.28. The summed E-state index contributed by atoms with van der Waals surface area (Å²) in [6.07, 6.45) is 1.70. The van der Waals surface area contributed by atoms with E-state index in [1.54, 1.807) is 31.5 Å². The molecular weight excluding hydrogens is 384 g/mol. The van der Waals surface area contributed by atoms with Crippen molar-refractivity contribution in [1.82, 2.24) is 10.3 Å². The van der Waals surface area contributed by atoms with Gasteiger partial charge in [0.15, 0.2) is 11.5 Å². The van der Waals surface area contributed by atoms with Crippen LogP contribution in [-0.2, 0) is 6.54 Å². The van der Waals surface area contributed by atoms with E-state index in [9.17, 15) is 4.79 Å². The minimum Gasteiger partial charge on any atom is -0.497 e. The third kappa shape index (κ3) is 4.67. The van der Waals surface area contributed by atoms with Gasteiger partial charge in [-0.2, -0.15) is 0 Å². The van der Waals surface area contributed by atoms with Gasteiger partial charge in [-0.25, -0.2) is 4.99 Å². The minimum atomic E-state index is -0.330. The summed E-state index contributed by atoms with van der Waals surface area (Å²) in [5.74, 6) is 1.80. The molecular formula is C22H20N4O4. The van der Waals surface area contributed by atoms with Crippen LogP contribution in [0.1, 0.15) is 16.1 Å². The maximum Gasteiger partial charge on any atom is 0.258 e. The molecule has 0 bridgehead atoms. The molecule has 0 aliphatic carbocycles. The lowest BCUT2D eigenvalue weighted by atomic mass is 10.2. The van der Waals surface area contributed by atoms with Crippen LogP contribution >= 0.6 is 0 Å². The first kappa shape index (κ1) is 19.3. The Kier molecular flexibility index (Phi) is 5.75. The molecule has 1 aliphatic heterocycles. The van der Waals surface area contributed by atoms with Crippen molar-refractivity contribution in [1.29, 1.82) is 0 Å². The number of nitrogens with one attached hydrogen (secondary N) is 2. The molecule has 2 aromatic carbocycles. The average Bonchev–Trinajstić information content (AvgIpc) is 3.26. The maximum absolute atomic E-state index is 12.8. The number of ether oxygens (including phenoxy) is 3. The lowest BCUT2D eigenvalue weighted by Gasteiger charge is -2.13. The van der Waals surface area contributed by atoms with Crippen molar-refractivity contribution in [2.75, 3.05) is 19.2 Å². The predicted molar refractivity (Wildman–Crippen MR) is 112 cm³/mol. The van der Waals surface area contributed by atoms with E-state index in [0.29, 0.717) is 29.4 Å². The number of aliphatic imine (C=N–C) groups is 1. The van der Waals surface area contributed by atoms with E-state index in [2.05, 4.69) is 20.6 Å². The lowest BCUT2D eigenvalue weighted by molar-refractivity contribution is 0.0976. The summed E-state index contributed by atoms with van der Waals surface area (Å²) in [6, 6.07) is 17.9. The minimum absolute atomic E-state index is 0.147. The summed E-state index contributed by atoms with van der Waals surface area (Å²) in [5, 5.41) is 5.95. The molecule has 8 nitrogen and oxygen atoms in total. The highest BCUT2D eigenvalue weighted by Crippen LogP contribution is 2.32. The second-order valence-corrected chi connectivity index (χ2v) is 6.37. The molecule has 3 aromatic rings. The van der Waals surface area contributed by atoms with Crippen molar-refractivity contribution in [3.8, 4) is 17.2 Å². The Hall–Kier alpha value is -4.07. The summed E-state index contributed by atoms with van der Waals surface area (Å²) in [6.45, 7) is 0.448. The number of nitrogens with zero attached hydrogens (tertiary/aromatic N) is 2. The van der Waals surface area contributed by atoms with E-state index in [1.807, 2.05) is 42.5 Å². The van der Waals surface area contributed by atoms with Gasteiger partial charge in [-0.3, -0.25) is 15.1 Å². The van der Waals surface area contributed by atoms with Gasteiger partial charge in [-0.15, -0.1) is 0 Å². The predicted octanol–water partition coefficient (Wildman–Crippen LogP) is 3.22. The lowest BCUT2D eigenvalue weighted by Crippen LogP contribution is -2.36. The zero-order valence-corrected chi connectivity index (χ0v) is 16.3. The largest absolute Gasteiger partial charge is 0.497 e. The fraction of sp³-hybridized carbons (Fsp3) is 0.136. The monoisotopic (exact) mass is 404 g/mol. The first-order chi connectivity index (χ1) is 14.7. The Morgan fingerprint density at radius 2 is 2.00 bits per heavy atom. The summed E-state index contributed by atoms with van der Waals surface area (Å²) < 4.78 is 15.9. The van der Waals surface area contributed by atoms with E-state index in [-0.39, 0.29) is 18.7 Å². The number of aromatic nitrogens is 1. The fourth-order valence-corrected chi connectivity index (χ4v) is 2.82. The fourth-order valence-electron chi connectivity index (χ4n) is 2.82. The molecule has 1 aromatic heterocycles. The van der Waals surface area contributed by atoms with Gasteiger partial charge in [0.05, 0.1) is 19.3 Å². The van der Waals surface area contributed by atoms with Crippen LogP contribution in [0.15, 0.2) is 71.9 Å². The van der Waals surface area contributed by atoms with Crippen molar-refractivity contribution in [3.63, 3.8) is 0 Å². The number of carbonyl (C=O) groups is 1. The van der Waals surface area contributed by atoms with E-state index in [1.165, 1.54) is 0 Å². The molecule has 8 heteroatoms. The van der Waals surface area contributed by atoms with Gasteiger partial charge < -0.3 is 19.5 Å². The molecule has 0 atom stereocenters. The number of fused-ring (bicyclic) bond motifs is 1. The molecule has 30 heavy (non-hydrogen) atoms. The highest BCUT2D eigenvalue weighted by atomic mass is 16.7. The van der Waals surface area contributed by atoms with Crippen LogP contribution in [0.2, 0.25) is 0 Å². The second kappa shape index (κ2) is 8.95. The highest BCUT2D eigenvalue weighted by Gasteiger charge is 2.17. The van der Waals surface area contributed by atoms with Gasteiger partial charge in [0, 0.05) is 23.5 Å². The summed E-state index contributed by atoms with van der Waals surface area (Å²) in [4.78, 5) is 21.6. The van der Waals surface area contributed by atoms with Crippen LogP contribution in [0.5, 0.6) is 17.2 Å². The van der Waals surface area contributed by atoms with Gasteiger partial charge in [0.25, 0.3) is 5.91 Å². The van der Waals surface area contributed by atoms with Crippen molar-refractivity contribution < 1.29 is 19.0 Å². The SMILES string of the molecule is COc1cccc(NC(=NCc2ccccn2)NC(=O)c2ccc3c(c2)OCO3)c1. The van der Waals surface area contributed by atoms with Crippen LogP contribution < -0.4 is 24.8 Å². The zero-order chi connectivity index (χ0) is 20.8. The van der Waals surface area contributed by atoms with Crippen molar-refractivity contribution >= 4 is 17.6 Å². The Bertz CT molecular complexity index is 1070. The smallest absolute Gasteiger partial charge is 0.258 e. The van der Waals surface area contributed by atoms with E-state index >= 15 is 0 Å². The molecule has 0 saturated heterocycles. The number of guanidine groups is 1. The van der Waals surface area contributed by atoms with Gasteiger partial charge in [0.1, 0.15) is 5.75 Å². The van der Waals surface area contributed by atoms with Crippen molar-refractivity contribution in [2.45, 2.75) is 6.54 Å². The number of hydrogen-bond donors (Lipinski definition) is 2. The number of carbonyl (C=O) groups excluding carboxylic acids is 1. The van der Waals surface area contributed by atoms with E-state index < -0.39 is 0 Å². The molecule has 0 spiro atoms. The average molecular weight is 404 g/mol. The normalized spacial score (nSPS) is 12.4. The Labute approximate surface area is 173 Å². The summed E-state index contributed by atoms with van der Waals surface area (Å²) >= 11 is 0. The van der Waals surface area contributed by atoms with Crippen LogP contribution in [0.3, 0.4) is 0 Å². The number of anilines is 1. The summed E-state index contributed by atoms with van der Waals surface area (Å²) in [7, 11) is 1.59. The molecule has 0 radical (unpaired) electrons. The van der Waals surface area contributed by atoms with Gasteiger partial charge >= 0.3 is 0 Å². The number of pyridine rings is 1. The zero-order valence-electron chi connectivity index (χ0n) is 16.3. The number of benzene rings is 2. The maximum atomic E-state index is 12.8. The van der Waals surface area contributed by atoms with Crippen LogP contribution in [0.25, 0.3) is 0 Å². The molecule has 2 N–H and O–H groups in total. The van der Waals surface area contributed by atoms with Crippen LogP contribution in [0.4, 0.5) is 5.69 Å². The number of amides is 1. The molecule has 0 fully saturated rings. The number of rotatable bonds is 5. The third-order valence-corrected chi connectivity index (χ3v) is 4.32. The van der Waals surface area contributed by atoms with E-state index in [0.717, 1.165) is 11.4 Å². The Morgan fingerprint density at radius 3 is 2.83 bits per heavy atom. The highest BCUT2D eigenvalue weighted by molar-refractivity contribution is 6.10. The van der Waals surface area contributed by atoms with Crippen molar-refractivity contribution in [2.24, 2.45) is 4.99 Å². The van der Waals surface area contributed by atoms with Crippen LogP contribution in [0, 0.1) is 0 Å². The quantitative estimate of drug-likeness (QED) is 0.501. The molecule has 152 valence electrons. The number of methoxy groups -OCH3 is 1. The molecule has 4 rings (SSSR count).